The van der Waals surface area contributed by atoms with Gasteiger partial charge in [0.05, 0.1) is 33.3 Å². The summed E-state index contributed by atoms with van der Waals surface area (Å²) in [6, 6.07) is 14.2. The molecule has 9 nitrogen and oxygen atoms in total. The van der Waals surface area contributed by atoms with Crippen molar-refractivity contribution in [2.75, 3.05) is 23.3 Å². The quantitative estimate of drug-likeness (QED) is 0.325. The van der Waals surface area contributed by atoms with E-state index in [4.69, 9.17) is 27.9 Å². The molecule has 0 bridgehead atoms. The number of hydrogen-bond donors (Lipinski definition) is 1. The highest BCUT2D eigenvalue weighted by atomic mass is 35.5. The van der Waals surface area contributed by atoms with Gasteiger partial charge in [-0.05, 0) is 43.3 Å². The van der Waals surface area contributed by atoms with Crippen LogP contribution in [0.5, 0.6) is 5.75 Å². The maximum atomic E-state index is 13.7. The zero-order chi connectivity index (χ0) is 25.0. The Kier molecular flexibility index (Phi) is 7.65. The molecule has 3 rings (SSSR count). The molecule has 1 amide bonds. The second-order valence-electron chi connectivity index (χ2n) is 7.06. The van der Waals surface area contributed by atoms with Gasteiger partial charge in [0.15, 0.2) is 0 Å². The van der Waals surface area contributed by atoms with Crippen molar-refractivity contribution >= 4 is 56.2 Å². The van der Waals surface area contributed by atoms with Crippen molar-refractivity contribution < 1.29 is 22.9 Å². The number of aryl methyl sites for hydroxylation is 1. The molecule has 0 fully saturated rings. The monoisotopic (exact) mass is 523 g/mol. The van der Waals surface area contributed by atoms with E-state index in [0.717, 1.165) is 10.4 Å². The van der Waals surface area contributed by atoms with Crippen LogP contribution in [0.15, 0.2) is 65.6 Å². The zero-order valence-corrected chi connectivity index (χ0v) is 20.3. The average molecular weight is 524 g/mol. The van der Waals surface area contributed by atoms with Gasteiger partial charge >= 0.3 is 0 Å². The maximum absolute atomic E-state index is 13.7. The van der Waals surface area contributed by atoms with Crippen molar-refractivity contribution in [2.45, 2.75) is 11.8 Å². The molecular weight excluding hydrogens is 505 g/mol. The summed E-state index contributed by atoms with van der Waals surface area (Å²) in [5.41, 5.74) is 0.176. The third-order valence-electron chi connectivity index (χ3n) is 4.81. The second-order valence-corrected chi connectivity index (χ2v) is 9.77. The lowest BCUT2D eigenvalue weighted by molar-refractivity contribution is -0.385. The van der Waals surface area contributed by atoms with Crippen molar-refractivity contribution in [3.63, 3.8) is 0 Å². The molecule has 1 N–H and O–H groups in total. The van der Waals surface area contributed by atoms with Crippen LogP contribution < -0.4 is 14.4 Å². The van der Waals surface area contributed by atoms with E-state index in [1.54, 1.807) is 24.3 Å². The lowest BCUT2D eigenvalue weighted by Gasteiger charge is -2.26. The first-order valence-corrected chi connectivity index (χ1v) is 11.9. The molecule has 0 saturated carbocycles. The van der Waals surface area contributed by atoms with E-state index in [2.05, 4.69) is 5.32 Å². The van der Waals surface area contributed by atoms with Gasteiger partial charge in [0, 0.05) is 16.7 Å². The molecule has 0 saturated heterocycles. The maximum Gasteiger partial charge on any atom is 0.273 e. The number of para-hydroxylation sites is 1. The van der Waals surface area contributed by atoms with Gasteiger partial charge in [-0.15, -0.1) is 0 Å². The molecule has 178 valence electrons. The van der Waals surface area contributed by atoms with Gasteiger partial charge in [-0.25, -0.2) is 8.42 Å². The molecule has 0 radical (unpaired) electrons. The summed E-state index contributed by atoms with van der Waals surface area (Å²) in [6.45, 7) is 0.801. The highest BCUT2D eigenvalue weighted by Gasteiger charge is 2.31. The van der Waals surface area contributed by atoms with Crippen molar-refractivity contribution in [3.8, 4) is 5.75 Å². The van der Waals surface area contributed by atoms with Crippen molar-refractivity contribution in [1.29, 1.82) is 0 Å². The van der Waals surface area contributed by atoms with E-state index in [1.165, 1.54) is 44.4 Å². The van der Waals surface area contributed by atoms with Crippen LogP contribution in [0.4, 0.5) is 17.1 Å². The third-order valence-corrected chi connectivity index (χ3v) is 7.13. The summed E-state index contributed by atoms with van der Waals surface area (Å²) < 4.78 is 33.4. The number of anilines is 2. The number of methoxy groups -OCH3 is 1. The fourth-order valence-electron chi connectivity index (χ4n) is 3.11. The molecule has 12 heteroatoms. The summed E-state index contributed by atoms with van der Waals surface area (Å²) in [5.74, 6) is -0.583. The van der Waals surface area contributed by atoms with Gasteiger partial charge in [0.1, 0.15) is 12.3 Å². The van der Waals surface area contributed by atoms with E-state index in [-0.39, 0.29) is 43.3 Å². The molecule has 3 aromatic rings. The molecule has 0 aliphatic rings. The minimum Gasteiger partial charge on any atom is -0.495 e. The number of carbonyl (C=O) groups excluding carboxylic acids is 1. The van der Waals surface area contributed by atoms with Crippen LogP contribution >= 0.6 is 23.2 Å². The number of nitrogens with one attached hydrogen (secondary N) is 1. The van der Waals surface area contributed by atoms with E-state index in [0.29, 0.717) is 0 Å². The molecule has 0 atom stereocenters. The van der Waals surface area contributed by atoms with Crippen molar-refractivity contribution in [1.82, 2.24) is 0 Å². The fourth-order valence-corrected chi connectivity index (χ4v) is 4.91. The lowest BCUT2D eigenvalue weighted by atomic mass is 10.2. The van der Waals surface area contributed by atoms with E-state index < -0.39 is 27.4 Å². The van der Waals surface area contributed by atoms with Gasteiger partial charge in [0.25, 0.3) is 15.7 Å². The van der Waals surface area contributed by atoms with E-state index >= 15 is 0 Å². The van der Waals surface area contributed by atoms with Gasteiger partial charge in [-0.3, -0.25) is 19.2 Å². The molecule has 0 aliphatic heterocycles. The Balaban J connectivity index is 2.11. The number of amides is 1. The fraction of sp³-hybridized carbons (Fsp3) is 0.136. The molecule has 0 heterocycles. The van der Waals surface area contributed by atoms with Gasteiger partial charge < -0.3 is 10.1 Å². The predicted molar refractivity (Wildman–Crippen MR) is 130 cm³/mol. The number of sulfonamides is 1. The topological polar surface area (TPSA) is 119 Å². The molecule has 0 aromatic heterocycles. The SMILES string of the molecule is COc1ccc(Cl)cc1N(CC(=O)Nc1ccccc1Cl)S(=O)(=O)c1ccc(C)c([N+](=O)[O-])c1. The largest absolute Gasteiger partial charge is 0.495 e. The minimum atomic E-state index is -4.48. The number of rotatable bonds is 8. The Bertz CT molecular complexity index is 1360. The van der Waals surface area contributed by atoms with Crippen LogP contribution in [-0.4, -0.2) is 32.9 Å². The Hall–Kier alpha value is -3.34. The number of ether oxygens (including phenoxy) is 1. The van der Waals surface area contributed by atoms with Crippen LogP contribution in [0.1, 0.15) is 5.56 Å². The van der Waals surface area contributed by atoms with Crippen LogP contribution in [0.25, 0.3) is 0 Å². The second kappa shape index (κ2) is 10.3. The van der Waals surface area contributed by atoms with Crippen LogP contribution in [0.2, 0.25) is 10.0 Å². The number of nitro groups is 1. The smallest absolute Gasteiger partial charge is 0.273 e. The Morgan fingerprint density at radius 2 is 1.82 bits per heavy atom. The lowest BCUT2D eigenvalue weighted by Crippen LogP contribution is -2.38. The normalized spacial score (nSPS) is 11.1. The number of carbonyl (C=O) groups is 1. The van der Waals surface area contributed by atoms with Gasteiger partial charge in [0.2, 0.25) is 5.91 Å². The first kappa shape index (κ1) is 25.3. The number of nitrogens with zero attached hydrogens (tertiary/aromatic N) is 2. The summed E-state index contributed by atoms with van der Waals surface area (Å²) >= 11 is 12.2. The van der Waals surface area contributed by atoms with Gasteiger partial charge in [-0.1, -0.05) is 41.4 Å². The molecule has 0 spiro atoms. The first-order valence-electron chi connectivity index (χ1n) is 9.70. The van der Waals surface area contributed by atoms with E-state index in [9.17, 15) is 23.3 Å². The average Bonchev–Trinajstić information content (AvgIpc) is 2.79. The highest BCUT2D eigenvalue weighted by Crippen LogP contribution is 2.36. The van der Waals surface area contributed by atoms with Crippen molar-refractivity contribution in [3.05, 3.63) is 86.4 Å². The molecule has 0 unspecified atom stereocenters. The highest BCUT2D eigenvalue weighted by molar-refractivity contribution is 7.92. The standard InChI is InChI=1S/C22H19Cl2N3O6S/c1-14-7-9-16(12-19(14)27(29)30)34(31,32)26(20-11-15(23)8-10-21(20)33-2)13-22(28)25-18-6-4-3-5-17(18)24/h3-12H,13H2,1-2H3,(H,25,28). The Morgan fingerprint density at radius 1 is 1.12 bits per heavy atom. The summed E-state index contributed by atoms with van der Waals surface area (Å²) in [6.07, 6.45) is 0. The number of halogens is 2. The molecule has 0 aliphatic carbocycles. The summed E-state index contributed by atoms with van der Waals surface area (Å²) in [7, 11) is -3.15. The first-order chi connectivity index (χ1) is 16.0. The minimum absolute atomic E-state index is 0.0208. The van der Waals surface area contributed by atoms with Crippen LogP contribution in [0, 0.1) is 17.0 Å². The number of nitro benzene ring substituents is 1. The predicted octanol–water partition coefficient (Wildman–Crippen LogP) is 5.05. The molecule has 34 heavy (non-hydrogen) atoms. The number of benzene rings is 3. The molecule has 3 aromatic carbocycles. The van der Waals surface area contributed by atoms with Crippen molar-refractivity contribution in [2.24, 2.45) is 0 Å². The number of hydrogen-bond acceptors (Lipinski definition) is 6. The Labute approximate surface area is 206 Å². The van der Waals surface area contributed by atoms with E-state index in [1.807, 2.05) is 0 Å². The summed E-state index contributed by atoms with van der Waals surface area (Å²) in [4.78, 5) is 23.2. The third kappa shape index (κ3) is 5.41. The zero-order valence-electron chi connectivity index (χ0n) is 18.0. The Morgan fingerprint density at radius 3 is 2.47 bits per heavy atom. The molecular formula is C22H19Cl2N3O6S. The van der Waals surface area contributed by atoms with Crippen LogP contribution in [-0.2, 0) is 14.8 Å². The van der Waals surface area contributed by atoms with Crippen LogP contribution in [0.3, 0.4) is 0 Å². The van der Waals surface area contributed by atoms with Gasteiger partial charge in [-0.2, -0.15) is 0 Å². The summed E-state index contributed by atoms with van der Waals surface area (Å²) in [5, 5.41) is 14.4.